The lowest BCUT2D eigenvalue weighted by molar-refractivity contribution is -0.121. The summed E-state index contributed by atoms with van der Waals surface area (Å²) in [5.74, 6) is -1.43. The van der Waals surface area contributed by atoms with Crippen molar-refractivity contribution in [2.75, 3.05) is 0 Å². The number of carbonyl (C=O) groups excluding carboxylic acids is 1. The van der Waals surface area contributed by atoms with Gasteiger partial charge in [-0.2, -0.15) is 0 Å². The fourth-order valence-corrected chi connectivity index (χ4v) is 2.75. The summed E-state index contributed by atoms with van der Waals surface area (Å²) in [5.41, 5.74) is 2.64. The molecule has 124 valence electrons. The van der Waals surface area contributed by atoms with Crippen molar-refractivity contribution in [3.05, 3.63) is 71.4 Å². The van der Waals surface area contributed by atoms with Crippen LogP contribution in [0.25, 0.3) is 10.9 Å². The highest BCUT2D eigenvalue weighted by molar-refractivity contribution is 5.81. The second-order valence-electron chi connectivity index (χ2n) is 5.87. The summed E-state index contributed by atoms with van der Waals surface area (Å²) in [5, 5.41) is 3.83. The van der Waals surface area contributed by atoms with Crippen molar-refractivity contribution in [3.63, 3.8) is 0 Å². The molecule has 0 atom stereocenters. The first kappa shape index (κ1) is 16.2. The number of aryl methyl sites for hydroxylation is 2. The summed E-state index contributed by atoms with van der Waals surface area (Å²) in [6.45, 7) is 0.116. The molecule has 2 aromatic carbocycles. The van der Waals surface area contributed by atoms with Crippen molar-refractivity contribution in [3.8, 4) is 0 Å². The Labute approximate surface area is 138 Å². The number of amides is 1. The summed E-state index contributed by atoms with van der Waals surface area (Å²) in [4.78, 5) is 11.9. The van der Waals surface area contributed by atoms with Crippen molar-refractivity contribution in [2.45, 2.75) is 19.4 Å². The number of hydrogen-bond acceptors (Lipinski definition) is 1. The highest BCUT2D eigenvalue weighted by atomic mass is 19.1. The normalized spacial score (nSPS) is 11.0. The van der Waals surface area contributed by atoms with Crippen molar-refractivity contribution >= 4 is 16.8 Å². The van der Waals surface area contributed by atoms with Crippen LogP contribution in [0.4, 0.5) is 8.78 Å². The Morgan fingerprint density at radius 3 is 2.54 bits per heavy atom. The molecule has 0 aliphatic heterocycles. The van der Waals surface area contributed by atoms with Gasteiger partial charge in [-0.05, 0) is 53.3 Å². The van der Waals surface area contributed by atoms with Gasteiger partial charge in [0.1, 0.15) is 11.6 Å². The molecule has 0 bridgehead atoms. The molecule has 0 aliphatic rings. The summed E-state index contributed by atoms with van der Waals surface area (Å²) >= 11 is 0. The van der Waals surface area contributed by atoms with Crippen LogP contribution in [0.3, 0.4) is 0 Å². The fraction of sp³-hybridized carbons (Fsp3) is 0.211. The molecular formula is C19H18F2N2O. The molecule has 1 heterocycles. The smallest absolute Gasteiger partial charge is 0.220 e. The van der Waals surface area contributed by atoms with Gasteiger partial charge in [-0.1, -0.05) is 6.07 Å². The molecule has 1 amide bonds. The molecule has 0 unspecified atom stereocenters. The van der Waals surface area contributed by atoms with Crippen molar-refractivity contribution < 1.29 is 13.6 Å². The average Bonchev–Trinajstić information content (AvgIpc) is 2.91. The second kappa shape index (κ2) is 6.83. The third kappa shape index (κ3) is 3.79. The van der Waals surface area contributed by atoms with E-state index >= 15 is 0 Å². The number of aromatic nitrogens is 1. The second-order valence-corrected chi connectivity index (χ2v) is 5.87. The van der Waals surface area contributed by atoms with E-state index in [0.717, 1.165) is 22.5 Å². The lowest BCUT2D eigenvalue weighted by Gasteiger charge is -2.06. The van der Waals surface area contributed by atoms with Crippen LogP contribution < -0.4 is 5.32 Å². The van der Waals surface area contributed by atoms with Crippen LogP contribution in [0.2, 0.25) is 0 Å². The molecule has 0 saturated heterocycles. The first-order chi connectivity index (χ1) is 11.5. The standard InChI is InChI=1S/C19H18F2N2O/c1-23-7-6-15-8-13(2-4-18(15)23)3-5-19(24)22-12-14-9-16(20)11-17(21)10-14/h2,4,6-11H,3,5,12H2,1H3,(H,22,24). The molecule has 1 N–H and O–H groups in total. The van der Waals surface area contributed by atoms with E-state index in [9.17, 15) is 13.6 Å². The van der Waals surface area contributed by atoms with E-state index in [2.05, 4.69) is 11.4 Å². The van der Waals surface area contributed by atoms with Crippen LogP contribution in [0, 0.1) is 11.6 Å². The molecule has 3 nitrogen and oxygen atoms in total. The molecule has 1 aromatic heterocycles. The predicted octanol–water partition coefficient (Wildman–Crippen LogP) is 3.71. The number of rotatable bonds is 5. The quantitative estimate of drug-likeness (QED) is 0.761. The van der Waals surface area contributed by atoms with Gasteiger partial charge in [0.25, 0.3) is 0 Å². The summed E-state index contributed by atoms with van der Waals surface area (Å²) < 4.78 is 28.2. The van der Waals surface area contributed by atoms with Crippen LogP contribution in [-0.4, -0.2) is 10.5 Å². The highest BCUT2D eigenvalue weighted by Crippen LogP contribution is 2.17. The Hall–Kier alpha value is -2.69. The van der Waals surface area contributed by atoms with Gasteiger partial charge in [-0.3, -0.25) is 4.79 Å². The van der Waals surface area contributed by atoms with E-state index in [-0.39, 0.29) is 12.5 Å². The lowest BCUT2D eigenvalue weighted by Crippen LogP contribution is -2.23. The molecule has 3 rings (SSSR count). The number of fused-ring (bicyclic) bond motifs is 1. The van der Waals surface area contributed by atoms with Gasteiger partial charge in [0.15, 0.2) is 0 Å². The molecule has 3 aromatic rings. The van der Waals surface area contributed by atoms with Crippen molar-refractivity contribution in [2.24, 2.45) is 7.05 Å². The zero-order valence-corrected chi connectivity index (χ0v) is 13.4. The third-order valence-corrected chi connectivity index (χ3v) is 4.00. The first-order valence-corrected chi connectivity index (χ1v) is 7.77. The Morgan fingerprint density at radius 1 is 1.04 bits per heavy atom. The zero-order valence-electron chi connectivity index (χ0n) is 13.4. The number of carbonyl (C=O) groups is 1. The van der Waals surface area contributed by atoms with Gasteiger partial charge in [0, 0.05) is 37.8 Å². The molecule has 0 spiro atoms. The number of halogens is 2. The maximum atomic E-state index is 13.1. The van der Waals surface area contributed by atoms with Crippen molar-refractivity contribution in [1.29, 1.82) is 0 Å². The van der Waals surface area contributed by atoms with Crippen LogP contribution in [0.15, 0.2) is 48.7 Å². The summed E-state index contributed by atoms with van der Waals surface area (Å²) in [6, 6.07) is 11.4. The van der Waals surface area contributed by atoms with E-state index in [0.29, 0.717) is 18.4 Å². The van der Waals surface area contributed by atoms with Gasteiger partial charge in [0.05, 0.1) is 0 Å². The topological polar surface area (TPSA) is 34.0 Å². The van der Waals surface area contributed by atoms with E-state index in [1.807, 2.05) is 36.0 Å². The van der Waals surface area contributed by atoms with Crippen LogP contribution in [0.1, 0.15) is 17.5 Å². The Bertz CT molecular complexity index is 866. The number of nitrogens with one attached hydrogen (secondary N) is 1. The number of nitrogens with zero attached hydrogens (tertiary/aromatic N) is 1. The Balaban J connectivity index is 1.54. The van der Waals surface area contributed by atoms with E-state index in [4.69, 9.17) is 0 Å². The summed E-state index contributed by atoms with van der Waals surface area (Å²) in [7, 11) is 1.99. The minimum absolute atomic E-state index is 0.116. The van der Waals surface area contributed by atoms with E-state index < -0.39 is 11.6 Å². The minimum Gasteiger partial charge on any atom is -0.352 e. The van der Waals surface area contributed by atoms with Gasteiger partial charge in [0.2, 0.25) is 5.91 Å². The lowest BCUT2D eigenvalue weighted by atomic mass is 10.1. The van der Waals surface area contributed by atoms with Crippen LogP contribution in [-0.2, 0) is 24.8 Å². The molecule has 5 heteroatoms. The molecule has 24 heavy (non-hydrogen) atoms. The van der Waals surface area contributed by atoms with Gasteiger partial charge >= 0.3 is 0 Å². The Morgan fingerprint density at radius 2 is 1.79 bits per heavy atom. The fourth-order valence-electron chi connectivity index (χ4n) is 2.75. The third-order valence-electron chi connectivity index (χ3n) is 4.00. The molecular weight excluding hydrogens is 310 g/mol. The maximum Gasteiger partial charge on any atom is 0.220 e. The van der Waals surface area contributed by atoms with E-state index in [1.165, 1.54) is 12.1 Å². The largest absolute Gasteiger partial charge is 0.352 e. The number of hydrogen-bond donors (Lipinski definition) is 1. The van der Waals surface area contributed by atoms with Gasteiger partial charge < -0.3 is 9.88 Å². The summed E-state index contributed by atoms with van der Waals surface area (Å²) in [6.07, 6.45) is 2.95. The SMILES string of the molecule is Cn1ccc2cc(CCC(=O)NCc3cc(F)cc(F)c3)ccc21. The molecule has 0 radical (unpaired) electrons. The highest BCUT2D eigenvalue weighted by Gasteiger charge is 2.06. The zero-order chi connectivity index (χ0) is 17.1. The first-order valence-electron chi connectivity index (χ1n) is 7.77. The monoisotopic (exact) mass is 328 g/mol. The molecule has 0 saturated carbocycles. The molecule has 0 aliphatic carbocycles. The maximum absolute atomic E-state index is 13.1. The number of benzene rings is 2. The van der Waals surface area contributed by atoms with Crippen LogP contribution >= 0.6 is 0 Å². The van der Waals surface area contributed by atoms with E-state index in [1.54, 1.807) is 0 Å². The average molecular weight is 328 g/mol. The minimum atomic E-state index is -0.643. The predicted molar refractivity (Wildman–Crippen MR) is 89.4 cm³/mol. The van der Waals surface area contributed by atoms with Crippen LogP contribution in [0.5, 0.6) is 0 Å². The Kier molecular flexibility index (Phi) is 4.60. The van der Waals surface area contributed by atoms with Gasteiger partial charge in [-0.25, -0.2) is 8.78 Å². The van der Waals surface area contributed by atoms with Crippen molar-refractivity contribution in [1.82, 2.24) is 9.88 Å². The molecule has 0 fully saturated rings. The van der Waals surface area contributed by atoms with Gasteiger partial charge in [-0.15, -0.1) is 0 Å².